The molecule has 1 unspecified atom stereocenters. The molecule has 1 atom stereocenters. The van der Waals surface area contributed by atoms with Crippen molar-refractivity contribution < 1.29 is 4.79 Å². The Kier molecular flexibility index (Phi) is 5.63. The highest BCUT2D eigenvalue weighted by atomic mass is 35.5. The van der Waals surface area contributed by atoms with Crippen LogP contribution in [0.3, 0.4) is 0 Å². The van der Waals surface area contributed by atoms with E-state index in [0.29, 0.717) is 10.9 Å². The maximum absolute atomic E-state index is 12.2. The molecule has 0 aliphatic rings. The molecule has 0 aliphatic heterocycles. The van der Waals surface area contributed by atoms with Gasteiger partial charge in [-0.1, -0.05) is 25.4 Å². The van der Waals surface area contributed by atoms with Gasteiger partial charge in [-0.3, -0.25) is 4.79 Å². The van der Waals surface area contributed by atoms with Gasteiger partial charge in [0.05, 0.1) is 15.8 Å². The highest BCUT2D eigenvalue weighted by Gasteiger charge is 2.29. The van der Waals surface area contributed by atoms with Crippen LogP contribution in [0.25, 0.3) is 0 Å². The minimum absolute atomic E-state index is 0.0164. The molecule has 0 bridgehead atoms. The van der Waals surface area contributed by atoms with Crippen molar-refractivity contribution in [1.29, 1.82) is 0 Å². The number of hydrogen-bond donors (Lipinski definition) is 2. The molecule has 1 aromatic rings. The van der Waals surface area contributed by atoms with Crippen LogP contribution in [-0.4, -0.2) is 18.0 Å². The second kappa shape index (κ2) is 6.55. The average molecular weight is 289 g/mol. The van der Waals surface area contributed by atoms with Crippen LogP contribution in [0, 0.1) is 0 Å². The second-order valence-electron chi connectivity index (χ2n) is 4.54. The molecule has 18 heavy (non-hydrogen) atoms. The van der Waals surface area contributed by atoms with Crippen molar-refractivity contribution in [1.82, 2.24) is 5.32 Å². The third-order valence-corrected chi connectivity index (χ3v) is 4.96. The maximum atomic E-state index is 12.2. The van der Waals surface area contributed by atoms with Crippen LogP contribution >= 0.6 is 22.9 Å². The van der Waals surface area contributed by atoms with E-state index in [0.717, 1.165) is 17.7 Å². The van der Waals surface area contributed by atoms with Gasteiger partial charge in [0.15, 0.2) is 0 Å². The fourth-order valence-electron chi connectivity index (χ4n) is 1.83. The normalized spacial score (nSPS) is 13.4. The number of carbonyl (C=O) groups excluding carboxylic acids is 1. The Hall–Kier alpha value is -0.580. The lowest BCUT2D eigenvalue weighted by atomic mass is 9.92. The molecule has 0 aliphatic carbocycles. The first kappa shape index (κ1) is 15.5. The number of hydrogen-bond acceptors (Lipinski definition) is 3. The fourth-order valence-corrected chi connectivity index (χ4v) is 2.94. The second-order valence-corrected chi connectivity index (χ2v) is 6.29. The zero-order valence-electron chi connectivity index (χ0n) is 11.1. The van der Waals surface area contributed by atoms with E-state index in [1.54, 1.807) is 0 Å². The number of rotatable bonds is 6. The molecule has 5 heteroatoms. The topological polar surface area (TPSA) is 55.1 Å². The monoisotopic (exact) mass is 288 g/mol. The summed E-state index contributed by atoms with van der Waals surface area (Å²) in [6.07, 6.45) is 1.67. The molecule has 1 rings (SSSR count). The van der Waals surface area contributed by atoms with Crippen molar-refractivity contribution in [3.63, 3.8) is 0 Å². The summed E-state index contributed by atoms with van der Waals surface area (Å²) in [5.74, 6) is -0.172. The number of nitrogens with two attached hydrogens (primary N) is 1. The molecule has 0 saturated carbocycles. The molecular formula is C13H21ClN2OS. The highest BCUT2D eigenvalue weighted by Crippen LogP contribution is 2.28. The van der Waals surface area contributed by atoms with Crippen molar-refractivity contribution in [3.05, 3.63) is 21.3 Å². The van der Waals surface area contributed by atoms with Crippen LogP contribution in [-0.2, 0) is 4.79 Å². The van der Waals surface area contributed by atoms with Gasteiger partial charge in [0.25, 0.3) is 0 Å². The Morgan fingerprint density at radius 3 is 2.50 bits per heavy atom. The molecule has 0 saturated heterocycles. The SMILES string of the molecule is CCC(CC)(CN)NC(=O)C(C)c1ccc(Cl)s1. The average Bonchev–Trinajstić information content (AvgIpc) is 2.81. The quantitative estimate of drug-likeness (QED) is 0.845. The zero-order chi connectivity index (χ0) is 13.8. The molecule has 0 spiro atoms. The minimum atomic E-state index is -0.285. The van der Waals surface area contributed by atoms with Crippen molar-refractivity contribution in [2.24, 2.45) is 5.73 Å². The summed E-state index contributed by atoms with van der Waals surface area (Å²) in [6.45, 7) is 6.44. The van der Waals surface area contributed by atoms with Crippen molar-refractivity contribution in [2.45, 2.75) is 45.1 Å². The lowest BCUT2D eigenvalue weighted by molar-refractivity contribution is -0.124. The molecule has 1 heterocycles. The van der Waals surface area contributed by atoms with Crippen LogP contribution in [0.15, 0.2) is 12.1 Å². The summed E-state index contributed by atoms with van der Waals surface area (Å²) in [5.41, 5.74) is 5.50. The predicted octanol–water partition coefficient (Wildman–Crippen LogP) is 3.14. The standard InChI is InChI=1S/C13H21ClN2OS/c1-4-13(5-2,8-15)16-12(17)9(3)10-6-7-11(14)18-10/h6-7,9H,4-5,8,15H2,1-3H3,(H,16,17). The molecule has 0 aromatic carbocycles. The summed E-state index contributed by atoms with van der Waals surface area (Å²) in [4.78, 5) is 13.2. The molecule has 1 aromatic heterocycles. The Bertz CT molecular complexity index is 393. The van der Waals surface area contributed by atoms with Crippen molar-refractivity contribution in [3.8, 4) is 0 Å². The van der Waals surface area contributed by atoms with Crippen LogP contribution in [0.2, 0.25) is 4.34 Å². The third kappa shape index (κ3) is 3.46. The Morgan fingerprint density at radius 1 is 1.50 bits per heavy atom. The Morgan fingerprint density at radius 2 is 2.11 bits per heavy atom. The molecule has 1 amide bonds. The summed E-state index contributed by atoms with van der Waals surface area (Å²) >= 11 is 7.34. The maximum Gasteiger partial charge on any atom is 0.228 e. The summed E-state index contributed by atoms with van der Waals surface area (Å²) < 4.78 is 0.709. The van der Waals surface area contributed by atoms with Gasteiger partial charge >= 0.3 is 0 Å². The lowest BCUT2D eigenvalue weighted by Crippen LogP contribution is -2.53. The van der Waals surface area contributed by atoms with Crippen LogP contribution in [0.1, 0.15) is 44.4 Å². The number of thiophene rings is 1. The Balaban J connectivity index is 2.76. The number of nitrogens with one attached hydrogen (secondary N) is 1. The van der Waals surface area contributed by atoms with Gasteiger partial charge in [-0.25, -0.2) is 0 Å². The number of halogens is 1. The van der Waals surface area contributed by atoms with E-state index in [-0.39, 0.29) is 17.4 Å². The minimum Gasteiger partial charge on any atom is -0.349 e. The first-order valence-electron chi connectivity index (χ1n) is 6.25. The van der Waals surface area contributed by atoms with E-state index in [2.05, 4.69) is 5.32 Å². The molecule has 0 fully saturated rings. The Labute approximate surface area is 118 Å². The highest BCUT2D eigenvalue weighted by molar-refractivity contribution is 7.16. The number of carbonyl (C=O) groups is 1. The van der Waals surface area contributed by atoms with Gasteiger partial charge in [0, 0.05) is 11.4 Å². The molecule has 0 radical (unpaired) electrons. The van der Waals surface area contributed by atoms with E-state index in [9.17, 15) is 4.79 Å². The van der Waals surface area contributed by atoms with Crippen LogP contribution in [0.4, 0.5) is 0 Å². The number of amides is 1. The van der Waals surface area contributed by atoms with Gasteiger partial charge in [0.1, 0.15) is 0 Å². The first-order valence-corrected chi connectivity index (χ1v) is 7.44. The third-order valence-electron chi connectivity index (χ3n) is 3.55. The van der Waals surface area contributed by atoms with E-state index in [4.69, 9.17) is 17.3 Å². The first-order chi connectivity index (χ1) is 8.48. The van der Waals surface area contributed by atoms with Crippen molar-refractivity contribution in [2.75, 3.05) is 6.54 Å². The van der Waals surface area contributed by atoms with Gasteiger partial charge in [0.2, 0.25) is 5.91 Å². The van der Waals surface area contributed by atoms with E-state index in [1.165, 1.54) is 11.3 Å². The summed E-state index contributed by atoms with van der Waals surface area (Å²) in [5, 5.41) is 3.09. The van der Waals surface area contributed by atoms with Crippen LogP contribution < -0.4 is 11.1 Å². The van der Waals surface area contributed by atoms with E-state index < -0.39 is 0 Å². The predicted molar refractivity (Wildman–Crippen MR) is 78.3 cm³/mol. The van der Waals surface area contributed by atoms with Crippen LogP contribution in [0.5, 0.6) is 0 Å². The lowest BCUT2D eigenvalue weighted by Gasteiger charge is -2.32. The van der Waals surface area contributed by atoms with E-state index in [1.807, 2.05) is 32.9 Å². The van der Waals surface area contributed by atoms with Crippen molar-refractivity contribution >= 4 is 28.8 Å². The molecule has 3 nitrogen and oxygen atoms in total. The summed E-state index contributed by atoms with van der Waals surface area (Å²) in [7, 11) is 0. The smallest absolute Gasteiger partial charge is 0.228 e. The molecular weight excluding hydrogens is 268 g/mol. The van der Waals surface area contributed by atoms with Gasteiger partial charge < -0.3 is 11.1 Å². The zero-order valence-corrected chi connectivity index (χ0v) is 12.7. The van der Waals surface area contributed by atoms with E-state index >= 15 is 0 Å². The van der Waals surface area contributed by atoms with Gasteiger partial charge in [-0.15, -0.1) is 11.3 Å². The fraction of sp³-hybridized carbons (Fsp3) is 0.615. The molecule has 3 N–H and O–H groups in total. The van der Waals surface area contributed by atoms with Gasteiger partial charge in [-0.2, -0.15) is 0 Å². The molecule has 102 valence electrons. The largest absolute Gasteiger partial charge is 0.349 e. The van der Waals surface area contributed by atoms with Gasteiger partial charge in [-0.05, 0) is 31.9 Å². The summed E-state index contributed by atoms with van der Waals surface area (Å²) in [6, 6.07) is 3.72.